The van der Waals surface area contributed by atoms with Crippen molar-refractivity contribution in [2.24, 2.45) is 0 Å². The zero-order chi connectivity index (χ0) is 19.5. The van der Waals surface area contributed by atoms with Gasteiger partial charge in [-0.2, -0.15) is 0 Å². The van der Waals surface area contributed by atoms with Gasteiger partial charge in [-0.1, -0.05) is 0 Å². The SMILES string of the molecule is CC(=O)Nc1ccc(S(=O)(=O)S(=O)(=O)c2ccc(NC(C)=O)cc2)cc1. The third kappa shape index (κ3) is 4.09. The fourth-order valence-electron chi connectivity index (χ4n) is 2.07. The molecule has 0 aliphatic rings. The highest BCUT2D eigenvalue weighted by Gasteiger charge is 2.33. The van der Waals surface area contributed by atoms with Crippen LogP contribution in [0.25, 0.3) is 0 Å². The Morgan fingerprint density at radius 2 is 0.885 bits per heavy atom. The van der Waals surface area contributed by atoms with Gasteiger partial charge in [0.2, 0.25) is 11.8 Å². The lowest BCUT2D eigenvalue weighted by molar-refractivity contribution is -0.115. The average molecular weight is 396 g/mol. The van der Waals surface area contributed by atoms with Gasteiger partial charge in [-0.25, -0.2) is 16.8 Å². The molecule has 2 aromatic rings. The summed E-state index contributed by atoms with van der Waals surface area (Å²) in [5.41, 5.74) is 0.682. The van der Waals surface area contributed by atoms with Crippen LogP contribution in [0.15, 0.2) is 58.3 Å². The molecule has 0 heterocycles. The fourth-order valence-corrected chi connectivity index (χ4v) is 5.70. The van der Waals surface area contributed by atoms with Crippen LogP contribution in [0.2, 0.25) is 0 Å². The van der Waals surface area contributed by atoms with Crippen LogP contribution in [0, 0.1) is 0 Å². The van der Waals surface area contributed by atoms with Crippen molar-refractivity contribution < 1.29 is 26.4 Å². The van der Waals surface area contributed by atoms with Crippen molar-refractivity contribution >= 4 is 40.9 Å². The second-order valence-electron chi connectivity index (χ2n) is 5.32. The number of carbonyl (C=O) groups excluding carboxylic acids is 2. The van der Waals surface area contributed by atoms with Gasteiger partial charge < -0.3 is 10.6 Å². The van der Waals surface area contributed by atoms with Crippen LogP contribution in [0.1, 0.15) is 13.8 Å². The maximum absolute atomic E-state index is 12.5. The maximum atomic E-state index is 12.5. The second-order valence-corrected chi connectivity index (χ2v) is 10.7. The van der Waals surface area contributed by atoms with Crippen molar-refractivity contribution in [1.82, 2.24) is 0 Å². The molecule has 0 atom stereocenters. The molecule has 10 heteroatoms. The van der Waals surface area contributed by atoms with Crippen molar-refractivity contribution in [2.75, 3.05) is 10.6 Å². The summed E-state index contributed by atoms with van der Waals surface area (Å²) in [5.74, 6) is -0.681. The van der Waals surface area contributed by atoms with Gasteiger partial charge in [0.05, 0.1) is 9.79 Å². The molecule has 2 aromatic carbocycles. The Morgan fingerprint density at radius 1 is 0.615 bits per heavy atom. The van der Waals surface area contributed by atoms with Crippen molar-refractivity contribution in [1.29, 1.82) is 0 Å². The van der Waals surface area contributed by atoms with Gasteiger partial charge in [-0.3, -0.25) is 9.59 Å². The van der Waals surface area contributed by atoms with Crippen molar-refractivity contribution in [3.8, 4) is 0 Å². The highest BCUT2D eigenvalue weighted by atomic mass is 33.2. The monoisotopic (exact) mass is 396 g/mol. The van der Waals surface area contributed by atoms with Crippen molar-refractivity contribution in [3.05, 3.63) is 48.5 Å². The lowest BCUT2D eigenvalue weighted by atomic mass is 10.3. The minimum atomic E-state index is -4.70. The fraction of sp³-hybridized carbons (Fsp3) is 0.125. The molecule has 0 spiro atoms. The first-order valence-corrected chi connectivity index (χ1v) is 10.8. The Labute approximate surface area is 150 Å². The molecule has 0 aliphatic heterocycles. The number of hydrogen-bond donors (Lipinski definition) is 2. The van der Waals surface area contributed by atoms with Gasteiger partial charge in [0, 0.05) is 25.2 Å². The minimum absolute atomic E-state index is 0.340. The van der Waals surface area contributed by atoms with Crippen LogP contribution < -0.4 is 10.6 Å². The van der Waals surface area contributed by atoms with E-state index in [2.05, 4.69) is 10.6 Å². The van der Waals surface area contributed by atoms with E-state index in [4.69, 9.17) is 0 Å². The number of amides is 2. The van der Waals surface area contributed by atoms with Crippen LogP contribution in [-0.2, 0) is 27.3 Å². The summed E-state index contributed by atoms with van der Waals surface area (Å²) in [6.07, 6.45) is 0. The number of anilines is 2. The summed E-state index contributed by atoms with van der Waals surface area (Å²) < 4.78 is 50.0. The molecule has 0 saturated carbocycles. The first-order valence-electron chi connectivity index (χ1n) is 7.29. The third-order valence-electron chi connectivity index (χ3n) is 3.22. The Bertz CT molecular complexity index is 953. The summed E-state index contributed by atoms with van der Waals surface area (Å²) in [6, 6.07) is 9.59. The Hall–Kier alpha value is -2.72. The van der Waals surface area contributed by atoms with Gasteiger partial charge in [0.1, 0.15) is 0 Å². The normalized spacial score (nSPS) is 11.6. The standard InChI is InChI=1S/C16H16N2O6S2/c1-11(19)17-13-3-7-15(8-4-13)25(21,22)26(23,24)16-9-5-14(6-10-16)18-12(2)20/h3-10H,1-2H3,(H,17,19)(H,18,20). The molecule has 138 valence electrons. The minimum Gasteiger partial charge on any atom is -0.326 e. The van der Waals surface area contributed by atoms with Gasteiger partial charge in [-0.05, 0) is 48.5 Å². The molecule has 0 unspecified atom stereocenters. The molecule has 0 aromatic heterocycles. The Balaban J connectivity index is 2.37. The predicted molar refractivity (Wildman–Crippen MR) is 95.9 cm³/mol. The lowest BCUT2D eigenvalue weighted by Crippen LogP contribution is -2.16. The maximum Gasteiger partial charge on any atom is 0.286 e. The van der Waals surface area contributed by atoms with Gasteiger partial charge in [0.25, 0.3) is 17.7 Å². The van der Waals surface area contributed by atoms with E-state index < -0.39 is 27.5 Å². The average Bonchev–Trinajstić information content (AvgIpc) is 2.54. The summed E-state index contributed by atoms with van der Waals surface area (Å²) >= 11 is 0. The molecule has 0 aliphatic carbocycles. The highest BCUT2D eigenvalue weighted by Crippen LogP contribution is 2.26. The van der Waals surface area contributed by atoms with E-state index in [1.54, 1.807) is 0 Å². The van der Waals surface area contributed by atoms with E-state index in [-0.39, 0.29) is 11.8 Å². The Morgan fingerprint density at radius 3 is 1.12 bits per heavy atom. The molecular formula is C16H16N2O6S2. The topological polar surface area (TPSA) is 126 Å². The molecule has 2 N–H and O–H groups in total. The molecule has 0 bridgehead atoms. The van der Waals surface area contributed by atoms with Crippen LogP contribution >= 0.6 is 0 Å². The van der Waals surface area contributed by atoms with Gasteiger partial charge in [-0.15, -0.1) is 0 Å². The smallest absolute Gasteiger partial charge is 0.286 e. The zero-order valence-electron chi connectivity index (χ0n) is 13.9. The molecule has 2 amide bonds. The van der Waals surface area contributed by atoms with Crippen LogP contribution in [0.5, 0.6) is 0 Å². The quantitative estimate of drug-likeness (QED) is 0.742. The van der Waals surface area contributed by atoms with E-state index in [0.29, 0.717) is 11.4 Å². The number of hydrogen-bond acceptors (Lipinski definition) is 6. The summed E-state index contributed by atoms with van der Waals surface area (Å²) in [6.45, 7) is 2.58. The number of nitrogens with one attached hydrogen (secondary N) is 2. The largest absolute Gasteiger partial charge is 0.326 e. The lowest BCUT2D eigenvalue weighted by Gasteiger charge is -2.09. The molecule has 0 radical (unpaired) electrons. The second kappa shape index (κ2) is 7.26. The van der Waals surface area contributed by atoms with E-state index in [1.165, 1.54) is 38.1 Å². The van der Waals surface area contributed by atoms with Gasteiger partial charge >= 0.3 is 0 Å². The molecule has 26 heavy (non-hydrogen) atoms. The molecule has 0 saturated heterocycles. The first kappa shape index (κ1) is 19.6. The summed E-state index contributed by atoms with van der Waals surface area (Å²) in [7, 11) is -9.40. The number of benzene rings is 2. The zero-order valence-corrected chi connectivity index (χ0v) is 15.5. The first-order chi connectivity index (χ1) is 12.0. The Kier molecular flexibility index (Phi) is 5.47. The van der Waals surface area contributed by atoms with Crippen LogP contribution in [0.3, 0.4) is 0 Å². The molecule has 0 fully saturated rings. The van der Waals surface area contributed by atoms with E-state index in [9.17, 15) is 26.4 Å². The molecule has 8 nitrogen and oxygen atoms in total. The summed E-state index contributed by atoms with van der Waals surface area (Å²) in [4.78, 5) is 21.1. The van der Waals surface area contributed by atoms with Crippen LogP contribution in [-0.4, -0.2) is 28.6 Å². The van der Waals surface area contributed by atoms with E-state index >= 15 is 0 Å². The van der Waals surface area contributed by atoms with E-state index in [0.717, 1.165) is 24.3 Å². The summed E-state index contributed by atoms with van der Waals surface area (Å²) in [5, 5.41) is 4.92. The molecular weight excluding hydrogens is 380 g/mol. The van der Waals surface area contributed by atoms with Gasteiger partial charge in [0.15, 0.2) is 0 Å². The highest BCUT2D eigenvalue weighted by molar-refractivity contribution is 8.67. The number of rotatable bonds is 5. The van der Waals surface area contributed by atoms with Crippen molar-refractivity contribution in [3.63, 3.8) is 0 Å². The van der Waals surface area contributed by atoms with Crippen molar-refractivity contribution in [2.45, 2.75) is 23.6 Å². The van der Waals surface area contributed by atoms with E-state index in [1.807, 2.05) is 0 Å². The predicted octanol–water partition coefficient (Wildman–Crippen LogP) is 1.77. The molecule has 2 rings (SSSR count). The number of carbonyl (C=O) groups is 2. The third-order valence-corrected chi connectivity index (χ3v) is 8.38. The van der Waals surface area contributed by atoms with Crippen LogP contribution in [0.4, 0.5) is 11.4 Å².